The molecular formula is C15H17Cl2FN2. The van der Waals surface area contributed by atoms with Crippen molar-refractivity contribution >= 4 is 34.2 Å². The number of benzene rings is 1. The molecule has 0 spiro atoms. The summed E-state index contributed by atoms with van der Waals surface area (Å²) in [5.41, 5.74) is 1.86. The highest BCUT2D eigenvalue weighted by Gasteiger charge is 2.41. The van der Waals surface area contributed by atoms with Gasteiger partial charge in [0.25, 0.3) is 0 Å². The Labute approximate surface area is 127 Å². The van der Waals surface area contributed by atoms with Crippen molar-refractivity contribution in [3.05, 3.63) is 28.8 Å². The van der Waals surface area contributed by atoms with E-state index in [1.807, 2.05) is 6.92 Å². The van der Waals surface area contributed by atoms with Gasteiger partial charge in [0, 0.05) is 12.6 Å². The molecule has 1 unspecified atom stereocenters. The SMILES string of the molecule is CCC1(Cn2c(C(C)Cl)nc3cc(F)c(Cl)cc32)CC1. The summed E-state index contributed by atoms with van der Waals surface area (Å²) in [5.74, 6) is 0.359. The first-order valence-corrected chi connectivity index (χ1v) is 7.76. The van der Waals surface area contributed by atoms with E-state index in [4.69, 9.17) is 23.2 Å². The van der Waals surface area contributed by atoms with Gasteiger partial charge in [0.05, 0.1) is 21.4 Å². The molecule has 1 aliphatic rings. The molecule has 0 amide bonds. The molecule has 3 rings (SSSR count). The van der Waals surface area contributed by atoms with Crippen molar-refractivity contribution in [3.8, 4) is 0 Å². The number of imidazole rings is 1. The molecular weight excluding hydrogens is 298 g/mol. The zero-order valence-electron chi connectivity index (χ0n) is 11.6. The van der Waals surface area contributed by atoms with E-state index in [0.717, 1.165) is 24.3 Å². The highest BCUT2D eigenvalue weighted by molar-refractivity contribution is 6.31. The van der Waals surface area contributed by atoms with E-state index >= 15 is 0 Å². The van der Waals surface area contributed by atoms with Crippen molar-refractivity contribution in [1.29, 1.82) is 0 Å². The summed E-state index contributed by atoms with van der Waals surface area (Å²) < 4.78 is 15.7. The third-order valence-corrected chi connectivity index (χ3v) is 4.86. The first-order chi connectivity index (χ1) is 9.46. The summed E-state index contributed by atoms with van der Waals surface area (Å²) >= 11 is 12.2. The van der Waals surface area contributed by atoms with Crippen LogP contribution in [0.25, 0.3) is 11.0 Å². The van der Waals surface area contributed by atoms with Crippen LogP contribution < -0.4 is 0 Å². The van der Waals surface area contributed by atoms with E-state index in [2.05, 4.69) is 16.5 Å². The van der Waals surface area contributed by atoms with Gasteiger partial charge < -0.3 is 4.57 Å². The minimum atomic E-state index is -0.436. The van der Waals surface area contributed by atoms with Gasteiger partial charge in [0.1, 0.15) is 11.6 Å². The molecule has 1 saturated carbocycles. The fourth-order valence-electron chi connectivity index (χ4n) is 2.74. The van der Waals surface area contributed by atoms with Crippen LogP contribution in [0.2, 0.25) is 5.02 Å². The molecule has 108 valence electrons. The van der Waals surface area contributed by atoms with Crippen LogP contribution in [0, 0.1) is 11.2 Å². The third-order valence-electron chi connectivity index (χ3n) is 4.38. The molecule has 0 radical (unpaired) electrons. The molecule has 0 aliphatic heterocycles. The minimum absolute atomic E-state index is 0.133. The zero-order valence-corrected chi connectivity index (χ0v) is 13.1. The molecule has 1 aromatic heterocycles. The number of hydrogen-bond acceptors (Lipinski definition) is 1. The Balaban J connectivity index is 2.15. The van der Waals surface area contributed by atoms with Crippen LogP contribution in [0.4, 0.5) is 4.39 Å². The maximum Gasteiger partial charge on any atom is 0.144 e. The number of halogens is 3. The lowest BCUT2D eigenvalue weighted by molar-refractivity contribution is 0.407. The van der Waals surface area contributed by atoms with Gasteiger partial charge in [-0.25, -0.2) is 9.37 Å². The second kappa shape index (κ2) is 4.88. The van der Waals surface area contributed by atoms with Gasteiger partial charge in [-0.1, -0.05) is 18.5 Å². The Kier molecular flexibility index (Phi) is 3.46. The topological polar surface area (TPSA) is 17.8 Å². The average Bonchev–Trinajstić information content (AvgIpc) is 3.10. The summed E-state index contributed by atoms with van der Waals surface area (Å²) in [6.45, 7) is 4.99. The first kappa shape index (κ1) is 14.2. The van der Waals surface area contributed by atoms with Crippen molar-refractivity contribution in [2.75, 3.05) is 0 Å². The van der Waals surface area contributed by atoms with E-state index in [0.29, 0.717) is 10.9 Å². The molecule has 0 N–H and O–H groups in total. The summed E-state index contributed by atoms with van der Waals surface area (Å²) in [5, 5.41) is -0.0781. The number of fused-ring (bicyclic) bond motifs is 1. The molecule has 20 heavy (non-hydrogen) atoms. The lowest BCUT2D eigenvalue weighted by atomic mass is 10.0. The predicted octanol–water partition coefficient (Wildman–Crippen LogP) is 5.32. The molecule has 0 bridgehead atoms. The normalized spacial score (nSPS) is 18.4. The number of alkyl halides is 1. The largest absolute Gasteiger partial charge is 0.326 e. The van der Waals surface area contributed by atoms with Gasteiger partial charge in [-0.05, 0) is 37.7 Å². The van der Waals surface area contributed by atoms with E-state index in [9.17, 15) is 4.39 Å². The molecule has 1 heterocycles. The lowest BCUT2D eigenvalue weighted by Gasteiger charge is -2.17. The summed E-state index contributed by atoms with van der Waals surface area (Å²) in [4.78, 5) is 4.49. The van der Waals surface area contributed by atoms with Gasteiger partial charge in [0.15, 0.2) is 0 Å². The van der Waals surface area contributed by atoms with Gasteiger partial charge in [-0.15, -0.1) is 11.6 Å². The minimum Gasteiger partial charge on any atom is -0.326 e. The van der Waals surface area contributed by atoms with Gasteiger partial charge in [-0.3, -0.25) is 0 Å². The first-order valence-electron chi connectivity index (χ1n) is 6.95. The number of hydrogen-bond donors (Lipinski definition) is 0. The Morgan fingerprint density at radius 2 is 2.15 bits per heavy atom. The highest BCUT2D eigenvalue weighted by Crippen LogP contribution is 2.50. The molecule has 1 atom stereocenters. The smallest absolute Gasteiger partial charge is 0.144 e. The van der Waals surface area contributed by atoms with Gasteiger partial charge in [0.2, 0.25) is 0 Å². The second-order valence-corrected chi connectivity index (χ2v) is 6.84. The van der Waals surface area contributed by atoms with Crippen LogP contribution >= 0.6 is 23.2 Å². The van der Waals surface area contributed by atoms with Crippen LogP contribution in [0.15, 0.2) is 12.1 Å². The fourth-order valence-corrected chi connectivity index (χ4v) is 3.07. The molecule has 1 fully saturated rings. The summed E-state index contributed by atoms with van der Waals surface area (Å²) in [6.07, 6.45) is 3.60. The van der Waals surface area contributed by atoms with Crippen molar-refractivity contribution in [3.63, 3.8) is 0 Å². The second-order valence-electron chi connectivity index (χ2n) is 5.78. The van der Waals surface area contributed by atoms with E-state index in [1.165, 1.54) is 18.9 Å². The Bertz CT molecular complexity index is 659. The third kappa shape index (κ3) is 2.31. The van der Waals surface area contributed by atoms with E-state index < -0.39 is 5.82 Å². The van der Waals surface area contributed by atoms with Crippen molar-refractivity contribution < 1.29 is 4.39 Å². The van der Waals surface area contributed by atoms with Crippen LogP contribution in [-0.2, 0) is 6.54 Å². The van der Waals surface area contributed by atoms with Crippen molar-refractivity contribution in [2.24, 2.45) is 5.41 Å². The number of nitrogens with zero attached hydrogens (tertiary/aromatic N) is 2. The maximum atomic E-state index is 13.6. The summed E-state index contributed by atoms with van der Waals surface area (Å²) in [6, 6.07) is 3.05. The Morgan fingerprint density at radius 1 is 1.45 bits per heavy atom. The monoisotopic (exact) mass is 314 g/mol. The Morgan fingerprint density at radius 3 is 2.70 bits per heavy atom. The standard InChI is InChI=1S/C15H17Cl2FN2/c1-3-15(4-5-15)8-20-13-6-10(17)11(18)7-12(13)19-14(20)9(2)16/h6-7,9H,3-5,8H2,1-2H3. The molecule has 1 aromatic carbocycles. The molecule has 2 aromatic rings. The zero-order chi connectivity index (χ0) is 14.5. The quantitative estimate of drug-likeness (QED) is 0.698. The molecule has 5 heteroatoms. The van der Waals surface area contributed by atoms with Crippen LogP contribution in [0.3, 0.4) is 0 Å². The number of rotatable bonds is 4. The van der Waals surface area contributed by atoms with Crippen molar-refractivity contribution in [2.45, 2.75) is 45.0 Å². The fraction of sp³-hybridized carbons (Fsp3) is 0.533. The van der Waals surface area contributed by atoms with E-state index in [-0.39, 0.29) is 10.4 Å². The van der Waals surface area contributed by atoms with Gasteiger partial charge >= 0.3 is 0 Å². The molecule has 0 saturated heterocycles. The number of aromatic nitrogens is 2. The van der Waals surface area contributed by atoms with Crippen LogP contribution in [0.5, 0.6) is 0 Å². The highest BCUT2D eigenvalue weighted by atomic mass is 35.5. The average molecular weight is 315 g/mol. The van der Waals surface area contributed by atoms with E-state index in [1.54, 1.807) is 6.07 Å². The molecule has 2 nitrogen and oxygen atoms in total. The summed E-state index contributed by atoms with van der Waals surface area (Å²) in [7, 11) is 0. The maximum absolute atomic E-state index is 13.6. The lowest BCUT2D eigenvalue weighted by Crippen LogP contribution is -2.13. The molecule has 1 aliphatic carbocycles. The van der Waals surface area contributed by atoms with Crippen molar-refractivity contribution in [1.82, 2.24) is 9.55 Å². The van der Waals surface area contributed by atoms with Crippen LogP contribution in [0.1, 0.15) is 44.3 Å². The van der Waals surface area contributed by atoms with Crippen LogP contribution in [-0.4, -0.2) is 9.55 Å². The van der Waals surface area contributed by atoms with Gasteiger partial charge in [-0.2, -0.15) is 0 Å². The Hall–Kier alpha value is -0.800. The predicted molar refractivity (Wildman–Crippen MR) is 80.9 cm³/mol.